The third-order valence-electron chi connectivity index (χ3n) is 16.7. The van der Waals surface area contributed by atoms with Crippen molar-refractivity contribution in [1.82, 2.24) is 5.32 Å². The van der Waals surface area contributed by atoms with Gasteiger partial charge in [-0.25, -0.2) is 0 Å². The molecule has 3 saturated heterocycles. The monoisotopic (exact) mass is 1320 g/mol. The van der Waals surface area contributed by atoms with Crippen LogP contribution in [0.25, 0.3) is 0 Å². The Morgan fingerprint density at radius 2 is 0.830 bits per heavy atom. The van der Waals surface area contributed by atoms with Crippen molar-refractivity contribution >= 4 is 25.7 Å². The molecule has 7 aromatic rings. The molecule has 0 aliphatic carbocycles. The zero-order valence-electron chi connectivity index (χ0n) is 54.3. The molecule has 3 heterocycles. The van der Waals surface area contributed by atoms with Crippen LogP contribution in [-0.4, -0.2) is 148 Å². The van der Waals surface area contributed by atoms with E-state index in [0.717, 1.165) is 50.7 Å². The number of aliphatic hydroxyl groups is 2. The van der Waals surface area contributed by atoms with Gasteiger partial charge in [-0.1, -0.05) is 214 Å². The molecule has 0 bridgehead atoms. The minimum absolute atomic E-state index is 0.0156. The quantitative estimate of drug-likeness (QED) is 0.0323. The lowest BCUT2D eigenvalue weighted by Crippen LogP contribution is -2.69. The molecule has 0 radical (unpaired) electrons. The number of benzene rings is 7. The molecule has 3 aliphatic rings. The molecular formula is C75H91NO16SSi. The molecule has 0 saturated carbocycles. The van der Waals surface area contributed by atoms with E-state index in [2.05, 4.69) is 25.0 Å². The molecule has 3 aliphatic heterocycles. The maximum atomic E-state index is 13.5. The van der Waals surface area contributed by atoms with Crippen molar-refractivity contribution < 1.29 is 76.6 Å². The number of thioether (sulfide) groups is 1. The zero-order valence-corrected chi connectivity index (χ0v) is 56.1. The summed E-state index contributed by atoms with van der Waals surface area (Å²) in [5.74, 6) is 1.04. The van der Waals surface area contributed by atoms with Crippen LogP contribution >= 0.6 is 11.8 Å². The van der Waals surface area contributed by atoms with Crippen LogP contribution in [0.1, 0.15) is 45.9 Å². The summed E-state index contributed by atoms with van der Waals surface area (Å²) in [6.45, 7) is 9.00. The van der Waals surface area contributed by atoms with Gasteiger partial charge in [0.1, 0.15) is 84.4 Å². The van der Waals surface area contributed by atoms with Crippen molar-refractivity contribution in [2.45, 2.75) is 170 Å². The van der Waals surface area contributed by atoms with Gasteiger partial charge < -0.3 is 77.1 Å². The van der Waals surface area contributed by atoms with Gasteiger partial charge in [-0.3, -0.25) is 4.79 Å². The minimum Gasteiger partial charge on any atom is -0.497 e. The molecule has 0 unspecified atom stereocenters. The summed E-state index contributed by atoms with van der Waals surface area (Å²) in [6, 6.07) is 66.7. The normalized spacial score (nSPS) is 26.4. The third-order valence-corrected chi connectivity index (χ3v) is 19.9. The number of carbonyl (C=O) groups excluding carboxylic acids is 1. The molecule has 10 rings (SSSR count). The minimum atomic E-state index is -1.52. The molecule has 0 aromatic heterocycles. The van der Waals surface area contributed by atoms with Gasteiger partial charge in [-0.15, -0.1) is 11.8 Å². The average Bonchev–Trinajstić information content (AvgIpc) is 0.779. The van der Waals surface area contributed by atoms with E-state index in [-0.39, 0.29) is 52.9 Å². The smallest absolute Gasteiger partial charge is 0.217 e. The summed E-state index contributed by atoms with van der Waals surface area (Å²) >= 11 is 1.72. The average molecular weight is 1320 g/mol. The number of methoxy groups -OCH3 is 1. The van der Waals surface area contributed by atoms with E-state index < -0.39 is 112 Å². The Hall–Kier alpha value is -6.18. The van der Waals surface area contributed by atoms with Gasteiger partial charge in [0, 0.05) is 15.0 Å². The van der Waals surface area contributed by atoms with Crippen molar-refractivity contribution in [3.8, 4) is 5.75 Å². The standard InChI is InChI=1S/C75H91NO16SSi/c1-52(78)76-64-68(83-49-59-36-38-60(80-2)39-37-59)65(79)61(42-77)88-73(64)91-66-62(50-81-43-53-24-12-6-13-25-53)89-74(71(86-47-57-32-20-10-21-33-57)69(66)84-45-55-28-16-8-17-29-55)92-67-63(51-82-44-54-26-14-7-15-27-54)90-75(93-40-41-94(3,4)5)72(87-48-58-34-22-11-23-35-58)70(67)85-46-56-30-18-9-19-31-56/h6-39,61-75,77,79H,40-51H2,1-5H3,(H,76,78)/t61-,62-,63-,64-,65+,66+,67-,68-,69+,70+,71-,72-,73+,74+,75+/m1/s1. The fourth-order valence-electron chi connectivity index (χ4n) is 11.6. The zero-order chi connectivity index (χ0) is 65.5. The van der Waals surface area contributed by atoms with E-state index in [9.17, 15) is 15.0 Å². The van der Waals surface area contributed by atoms with E-state index in [1.54, 1.807) is 18.9 Å². The van der Waals surface area contributed by atoms with Gasteiger partial charge in [0.05, 0.1) is 73.2 Å². The third kappa shape index (κ3) is 20.9. The predicted octanol–water partition coefficient (Wildman–Crippen LogP) is 11.2. The lowest BCUT2D eigenvalue weighted by Gasteiger charge is -2.51. The second-order valence-corrected chi connectivity index (χ2v) is 31.9. The number of amides is 1. The van der Waals surface area contributed by atoms with Crippen LogP contribution in [0.4, 0.5) is 0 Å². The Morgan fingerprint density at radius 3 is 1.26 bits per heavy atom. The predicted molar refractivity (Wildman–Crippen MR) is 361 cm³/mol. The number of hydrogen-bond acceptors (Lipinski definition) is 17. The van der Waals surface area contributed by atoms with Gasteiger partial charge in [-0.05, 0) is 62.9 Å². The van der Waals surface area contributed by atoms with E-state index in [0.29, 0.717) is 12.4 Å². The molecule has 0 spiro atoms. The first kappa shape index (κ1) is 70.6. The van der Waals surface area contributed by atoms with E-state index in [1.165, 1.54) is 6.92 Å². The van der Waals surface area contributed by atoms with Crippen LogP contribution in [0.3, 0.4) is 0 Å². The second-order valence-electron chi connectivity index (χ2n) is 25.1. The van der Waals surface area contributed by atoms with Gasteiger partial charge in [0.2, 0.25) is 5.91 Å². The molecule has 7 aromatic carbocycles. The molecule has 94 heavy (non-hydrogen) atoms. The fraction of sp³-hybridized carbons (Fsp3) is 0.427. The molecule has 1 amide bonds. The Balaban J connectivity index is 1.09. The van der Waals surface area contributed by atoms with Crippen molar-refractivity contribution in [2.24, 2.45) is 0 Å². The highest BCUT2D eigenvalue weighted by atomic mass is 32.2. The van der Waals surface area contributed by atoms with Crippen molar-refractivity contribution in [3.63, 3.8) is 0 Å². The SMILES string of the molecule is COc1ccc(CO[C@H]2[C@@H](O)[C@@H](CO)O[C@@H](O[C@@H]3[C@H](OCc4ccccc4)[C@@H](OCc4ccccc4)[C@H](O[C@H]4[C@H](OCc5ccccc5)[C@@H](OCc5ccccc5)[C@H](SCC[Si](C)(C)C)O[C@@H]4COCc4ccccc4)O[C@@H]3COCc3ccccc3)[C@@H]2NC(C)=O)cc1. The van der Waals surface area contributed by atoms with Crippen LogP contribution in [0.2, 0.25) is 25.7 Å². The first-order valence-electron chi connectivity index (χ1n) is 32.4. The van der Waals surface area contributed by atoms with Crippen LogP contribution in [0, 0.1) is 0 Å². The van der Waals surface area contributed by atoms with E-state index in [4.69, 9.17) is 61.6 Å². The summed E-state index contributed by atoms with van der Waals surface area (Å²) in [6.07, 6.45) is -14.2. The number of ether oxygens (including phenoxy) is 13. The number of nitrogens with one attached hydrogen (secondary N) is 1. The Morgan fingerprint density at radius 1 is 0.457 bits per heavy atom. The molecule has 3 fully saturated rings. The highest BCUT2D eigenvalue weighted by molar-refractivity contribution is 7.99. The summed E-state index contributed by atoms with van der Waals surface area (Å²) < 4.78 is 91.0. The Kier molecular flexibility index (Phi) is 27.2. The van der Waals surface area contributed by atoms with Crippen LogP contribution in [0.15, 0.2) is 206 Å². The molecule has 3 N–H and O–H groups in total. The lowest BCUT2D eigenvalue weighted by atomic mass is 9.94. The topological polar surface area (TPSA) is 190 Å². The molecule has 17 nitrogen and oxygen atoms in total. The van der Waals surface area contributed by atoms with E-state index in [1.807, 2.05) is 206 Å². The Bertz CT molecular complexity index is 3260. The van der Waals surface area contributed by atoms with Gasteiger partial charge in [0.25, 0.3) is 0 Å². The first-order valence-corrected chi connectivity index (χ1v) is 37.2. The number of rotatable bonds is 34. The summed E-state index contributed by atoms with van der Waals surface area (Å²) in [7, 11) is 0.0644. The van der Waals surface area contributed by atoms with Crippen molar-refractivity contribution in [1.29, 1.82) is 0 Å². The number of hydrogen-bond donors (Lipinski definition) is 3. The summed E-state index contributed by atoms with van der Waals surface area (Å²) in [5, 5.41) is 26.0. The number of carbonyl (C=O) groups is 1. The lowest BCUT2D eigenvalue weighted by molar-refractivity contribution is -0.377. The summed E-state index contributed by atoms with van der Waals surface area (Å²) in [4.78, 5) is 13.5. The highest BCUT2D eigenvalue weighted by Crippen LogP contribution is 2.41. The fourth-order valence-corrected chi connectivity index (χ4v) is 15.4. The van der Waals surface area contributed by atoms with Crippen molar-refractivity contribution in [2.75, 3.05) is 32.7 Å². The molecular weight excluding hydrogens is 1230 g/mol. The second kappa shape index (κ2) is 36.2. The van der Waals surface area contributed by atoms with Gasteiger partial charge in [-0.2, -0.15) is 0 Å². The van der Waals surface area contributed by atoms with Crippen LogP contribution in [0.5, 0.6) is 5.75 Å². The van der Waals surface area contributed by atoms with Gasteiger partial charge >= 0.3 is 0 Å². The van der Waals surface area contributed by atoms with E-state index >= 15 is 0 Å². The maximum Gasteiger partial charge on any atom is 0.217 e. The largest absolute Gasteiger partial charge is 0.497 e. The highest BCUT2D eigenvalue weighted by Gasteiger charge is 2.57. The van der Waals surface area contributed by atoms with Crippen LogP contribution in [-0.2, 0) is 108 Å². The molecule has 502 valence electrons. The summed E-state index contributed by atoms with van der Waals surface area (Å²) in [5.41, 5.74) is 5.78. The molecule has 15 atom stereocenters. The van der Waals surface area contributed by atoms with Crippen LogP contribution < -0.4 is 10.1 Å². The van der Waals surface area contributed by atoms with Gasteiger partial charge in [0.15, 0.2) is 12.6 Å². The number of aliphatic hydroxyl groups excluding tert-OH is 2. The maximum absolute atomic E-state index is 13.5. The van der Waals surface area contributed by atoms with Crippen molar-refractivity contribution in [3.05, 3.63) is 245 Å². The molecule has 19 heteroatoms. The Labute approximate surface area is 558 Å². The first-order chi connectivity index (χ1) is 45.9.